The van der Waals surface area contributed by atoms with E-state index in [9.17, 15) is 18.0 Å². The zero-order valence-electron chi connectivity index (χ0n) is 20.1. The highest BCUT2D eigenvalue weighted by atomic mass is 19.4. The number of nitrogens with zero attached hydrogens (tertiary/aromatic N) is 2. The number of aryl methyl sites for hydroxylation is 2. The normalized spacial score (nSPS) is 14.6. The second kappa shape index (κ2) is 11.1. The van der Waals surface area contributed by atoms with Crippen molar-refractivity contribution in [3.05, 3.63) is 88.0 Å². The summed E-state index contributed by atoms with van der Waals surface area (Å²) in [6.45, 7) is 1.95. The van der Waals surface area contributed by atoms with Gasteiger partial charge in [-0.1, -0.05) is 24.3 Å². The topological polar surface area (TPSA) is 90.1 Å². The molecule has 1 aromatic heterocycles. The Balaban J connectivity index is 1.57. The lowest BCUT2D eigenvalue weighted by Crippen LogP contribution is -2.26. The minimum Gasteiger partial charge on any atom is -0.496 e. The smallest absolute Gasteiger partial charge is 0.419 e. The molecule has 6 nitrogen and oxygen atoms in total. The molecule has 1 aliphatic rings. The number of rotatable bonds is 8. The first-order chi connectivity index (χ1) is 17.2. The summed E-state index contributed by atoms with van der Waals surface area (Å²) in [7, 11) is 1.59. The lowest BCUT2D eigenvalue weighted by molar-refractivity contribution is -0.138. The van der Waals surface area contributed by atoms with Crippen molar-refractivity contribution in [3.8, 4) is 5.75 Å². The van der Waals surface area contributed by atoms with Crippen LogP contribution in [0.1, 0.15) is 62.9 Å². The van der Waals surface area contributed by atoms with Gasteiger partial charge in [0.1, 0.15) is 11.6 Å². The van der Waals surface area contributed by atoms with E-state index >= 15 is 0 Å². The summed E-state index contributed by atoms with van der Waals surface area (Å²) >= 11 is 0. The number of alkyl halides is 3. The van der Waals surface area contributed by atoms with Gasteiger partial charge in [-0.3, -0.25) is 4.79 Å². The minimum absolute atomic E-state index is 0.0400. The number of ether oxygens (including phenoxy) is 1. The number of nitrogens with two attached hydrogens (primary N) is 1. The molecular formula is C27H29F3N4O2. The average Bonchev–Trinajstić information content (AvgIpc) is 2.88. The summed E-state index contributed by atoms with van der Waals surface area (Å²) in [4.78, 5) is 19.8. The van der Waals surface area contributed by atoms with Gasteiger partial charge in [-0.15, -0.1) is 0 Å². The first kappa shape index (κ1) is 25.6. The summed E-state index contributed by atoms with van der Waals surface area (Å²) in [6.07, 6.45) is -1.05. The quantitative estimate of drug-likeness (QED) is 0.479. The van der Waals surface area contributed by atoms with Crippen LogP contribution in [0.25, 0.3) is 0 Å². The number of carbonyl (C=O) groups is 1. The van der Waals surface area contributed by atoms with E-state index in [-0.39, 0.29) is 30.8 Å². The first-order valence-electron chi connectivity index (χ1n) is 11.9. The number of amides is 1. The second-order valence-electron chi connectivity index (χ2n) is 8.98. The SMILES string of the molecule is COc1cc(C2CCNCC2)ccc1Cc1ncc(C(F)(F)F)c(CCc2cccc(C(N)=O)c2)n1. The van der Waals surface area contributed by atoms with Gasteiger partial charge in [0.15, 0.2) is 0 Å². The predicted molar refractivity (Wildman–Crippen MR) is 130 cm³/mol. The zero-order valence-corrected chi connectivity index (χ0v) is 20.1. The van der Waals surface area contributed by atoms with Gasteiger partial charge in [-0.2, -0.15) is 13.2 Å². The van der Waals surface area contributed by atoms with Gasteiger partial charge < -0.3 is 15.8 Å². The van der Waals surface area contributed by atoms with Crippen molar-refractivity contribution in [1.82, 2.24) is 15.3 Å². The highest BCUT2D eigenvalue weighted by molar-refractivity contribution is 5.92. The Morgan fingerprint density at radius 2 is 1.92 bits per heavy atom. The predicted octanol–water partition coefficient (Wildman–Crippen LogP) is 4.45. The van der Waals surface area contributed by atoms with Gasteiger partial charge in [-0.25, -0.2) is 9.97 Å². The molecule has 0 aliphatic carbocycles. The Morgan fingerprint density at radius 3 is 2.61 bits per heavy atom. The van der Waals surface area contributed by atoms with Crippen LogP contribution in [0.15, 0.2) is 48.7 Å². The number of nitrogens with one attached hydrogen (secondary N) is 1. The van der Waals surface area contributed by atoms with Crippen molar-refractivity contribution in [3.63, 3.8) is 0 Å². The number of methoxy groups -OCH3 is 1. The van der Waals surface area contributed by atoms with Crippen LogP contribution in [-0.4, -0.2) is 36.1 Å². The third-order valence-electron chi connectivity index (χ3n) is 6.56. The van der Waals surface area contributed by atoms with Gasteiger partial charge in [0, 0.05) is 23.7 Å². The monoisotopic (exact) mass is 498 g/mol. The molecule has 1 saturated heterocycles. The van der Waals surface area contributed by atoms with Crippen molar-refractivity contribution in [2.75, 3.05) is 20.2 Å². The molecule has 0 unspecified atom stereocenters. The van der Waals surface area contributed by atoms with Gasteiger partial charge >= 0.3 is 6.18 Å². The van der Waals surface area contributed by atoms with E-state index in [2.05, 4.69) is 21.4 Å². The summed E-state index contributed by atoms with van der Waals surface area (Å²) < 4.78 is 46.6. The zero-order chi connectivity index (χ0) is 25.7. The summed E-state index contributed by atoms with van der Waals surface area (Å²) in [5.74, 6) is 0.838. The summed E-state index contributed by atoms with van der Waals surface area (Å²) in [6, 6.07) is 12.6. The van der Waals surface area contributed by atoms with Crippen molar-refractivity contribution in [2.45, 2.75) is 44.2 Å². The number of halogens is 3. The van der Waals surface area contributed by atoms with Gasteiger partial charge in [-0.05, 0) is 74.0 Å². The van der Waals surface area contributed by atoms with Crippen molar-refractivity contribution in [2.24, 2.45) is 5.73 Å². The Kier molecular flexibility index (Phi) is 7.88. The number of hydrogen-bond acceptors (Lipinski definition) is 5. The molecule has 4 rings (SSSR count). The third-order valence-corrected chi connectivity index (χ3v) is 6.56. The molecule has 36 heavy (non-hydrogen) atoms. The maximum Gasteiger partial charge on any atom is 0.419 e. The lowest BCUT2D eigenvalue weighted by atomic mass is 9.89. The fourth-order valence-corrected chi connectivity index (χ4v) is 4.60. The highest BCUT2D eigenvalue weighted by Gasteiger charge is 2.34. The second-order valence-corrected chi connectivity index (χ2v) is 8.98. The number of primary amides is 1. The van der Waals surface area contributed by atoms with Crippen LogP contribution >= 0.6 is 0 Å². The average molecular weight is 499 g/mol. The maximum atomic E-state index is 13.7. The molecule has 0 saturated carbocycles. The molecule has 190 valence electrons. The van der Waals surface area contributed by atoms with Crippen LogP contribution in [0.5, 0.6) is 5.75 Å². The van der Waals surface area contributed by atoms with E-state index in [1.54, 1.807) is 31.4 Å². The number of carbonyl (C=O) groups excluding carboxylic acids is 1. The van der Waals surface area contributed by atoms with Crippen LogP contribution in [0.2, 0.25) is 0 Å². The molecule has 0 radical (unpaired) electrons. The standard InChI is InChI=1S/C27H29F3N4O2/c1-36-24-14-19(18-9-11-32-12-10-18)6-7-20(24)15-25-33-16-22(27(28,29)30)23(34-25)8-5-17-3-2-4-21(13-17)26(31)35/h2-4,6-7,13-14,16,18,32H,5,8-12,15H2,1H3,(H2,31,35). The molecule has 2 aromatic carbocycles. The first-order valence-corrected chi connectivity index (χ1v) is 11.9. The number of benzene rings is 2. The summed E-state index contributed by atoms with van der Waals surface area (Å²) in [5, 5.41) is 3.36. The van der Waals surface area contributed by atoms with Gasteiger partial charge in [0.2, 0.25) is 5.91 Å². The molecule has 0 bridgehead atoms. The molecule has 1 amide bonds. The van der Waals surface area contributed by atoms with E-state index in [0.29, 0.717) is 22.8 Å². The fourth-order valence-electron chi connectivity index (χ4n) is 4.60. The molecule has 9 heteroatoms. The molecule has 1 aliphatic heterocycles. The molecular weight excluding hydrogens is 469 g/mol. The fraction of sp³-hybridized carbons (Fsp3) is 0.370. The van der Waals surface area contributed by atoms with E-state index in [1.165, 1.54) is 5.56 Å². The maximum absolute atomic E-state index is 13.7. The largest absolute Gasteiger partial charge is 0.496 e. The van der Waals surface area contributed by atoms with Crippen LogP contribution in [0.3, 0.4) is 0 Å². The Morgan fingerprint density at radius 1 is 1.14 bits per heavy atom. The van der Waals surface area contributed by atoms with E-state index in [0.717, 1.165) is 37.7 Å². The van der Waals surface area contributed by atoms with E-state index < -0.39 is 17.6 Å². The van der Waals surface area contributed by atoms with E-state index in [4.69, 9.17) is 10.5 Å². The molecule has 3 N–H and O–H groups in total. The minimum atomic E-state index is -4.57. The molecule has 1 fully saturated rings. The molecule has 2 heterocycles. The van der Waals surface area contributed by atoms with Crippen LogP contribution in [0, 0.1) is 0 Å². The Bertz CT molecular complexity index is 1220. The number of piperidine rings is 1. The Labute approximate surface area is 208 Å². The molecule has 0 spiro atoms. The van der Waals surface area contributed by atoms with Crippen LogP contribution < -0.4 is 15.8 Å². The van der Waals surface area contributed by atoms with Crippen molar-refractivity contribution in [1.29, 1.82) is 0 Å². The van der Waals surface area contributed by atoms with Crippen LogP contribution in [-0.2, 0) is 25.4 Å². The van der Waals surface area contributed by atoms with E-state index in [1.807, 2.05) is 12.1 Å². The van der Waals surface area contributed by atoms with Crippen LogP contribution in [0.4, 0.5) is 13.2 Å². The van der Waals surface area contributed by atoms with Gasteiger partial charge in [0.25, 0.3) is 0 Å². The van der Waals surface area contributed by atoms with Gasteiger partial charge in [0.05, 0.1) is 18.4 Å². The lowest BCUT2D eigenvalue weighted by Gasteiger charge is -2.24. The molecule has 3 aromatic rings. The number of aromatic nitrogens is 2. The van der Waals surface area contributed by atoms with Crippen molar-refractivity contribution < 1.29 is 22.7 Å². The van der Waals surface area contributed by atoms with Crippen molar-refractivity contribution >= 4 is 5.91 Å². The molecule has 0 atom stereocenters. The summed E-state index contributed by atoms with van der Waals surface area (Å²) in [5.41, 5.74) is 7.41. The Hall–Kier alpha value is -3.46. The number of hydrogen-bond donors (Lipinski definition) is 2. The third kappa shape index (κ3) is 6.20. The highest BCUT2D eigenvalue weighted by Crippen LogP contribution is 2.33.